The van der Waals surface area contributed by atoms with E-state index in [1.54, 1.807) is 30.3 Å². The van der Waals surface area contributed by atoms with E-state index >= 15 is 0 Å². The Morgan fingerprint density at radius 1 is 1.04 bits per heavy atom. The van der Waals surface area contributed by atoms with Crippen LogP contribution >= 0.6 is 23.2 Å². The van der Waals surface area contributed by atoms with Crippen molar-refractivity contribution < 1.29 is 9.21 Å². The van der Waals surface area contributed by atoms with Crippen molar-refractivity contribution in [3.63, 3.8) is 0 Å². The Kier molecular flexibility index (Phi) is 5.16. The maximum atomic E-state index is 12.4. The lowest BCUT2D eigenvalue weighted by molar-refractivity contribution is 0.0912. The van der Waals surface area contributed by atoms with Crippen molar-refractivity contribution in [3.05, 3.63) is 81.5 Å². The molecule has 3 aromatic rings. The van der Waals surface area contributed by atoms with Gasteiger partial charge in [0.15, 0.2) is 5.76 Å². The van der Waals surface area contributed by atoms with Gasteiger partial charge in [-0.25, -0.2) is 0 Å². The van der Waals surface area contributed by atoms with Crippen LogP contribution < -0.4 is 5.32 Å². The van der Waals surface area contributed by atoms with Crippen molar-refractivity contribution in [1.29, 1.82) is 0 Å². The Bertz CT molecular complexity index is 900. The minimum atomic E-state index is -0.280. The third-order valence-electron chi connectivity index (χ3n) is 3.95. The number of halogens is 2. The van der Waals surface area contributed by atoms with E-state index in [4.69, 9.17) is 27.6 Å². The highest BCUT2D eigenvalue weighted by Crippen LogP contribution is 2.31. The van der Waals surface area contributed by atoms with Crippen LogP contribution in [0.5, 0.6) is 0 Å². The molecule has 5 heteroatoms. The van der Waals surface area contributed by atoms with E-state index in [1.807, 2.05) is 38.1 Å². The minimum absolute atomic E-state index is 0.128. The summed E-state index contributed by atoms with van der Waals surface area (Å²) in [4.78, 5) is 12.4. The van der Waals surface area contributed by atoms with Crippen LogP contribution in [-0.4, -0.2) is 5.91 Å². The lowest BCUT2D eigenvalue weighted by atomic mass is 10.1. The Morgan fingerprint density at radius 2 is 1.76 bits per heavy atom. The molecule has 1 aromatic heterocycles. The number of hydrogen-bond donors (Lipinski definition) is 1. The number of amides is 1. The Hall–Kier alpha value is -2.23. The molecule has 25 heavy (non-hydrogen) atoms. The average molecular weight is 374 g/mol. The van der Waals surface area contributed by atoms with Crippen LogP contribution in [0.4, 0.5) is 0 Å². The van der Waals surface area contributed by atoms with Gasteiger partial charge in [-0.15, -0.1) is 0 Å². The predicted molar refractivity (Wildman–Crippen MR) is 101 cm³/mol. The number of carbonyl (C=O) groups excluding carboxylic acids is 1. The van der Waals surface area contributed by atoms with E-state index in [2.05, 4.69) is 5.32 Å². The second-order valence-corrected chi connectivity index (χ2v) is 6.74. The van der Waals surface area contributed by atoms with Crippen LogP contribution in [0.25, 0.3) is 11.3 Å². The number of aryl methyl sites for hydroxylation is 1. The Balaban J connectivity index is 1.76. The van der Waals surface area contributed by atoms with E-state index in [9.17, 15) is 4.79 Å². The summed E-state index contributed by atoms with van der Waals surface area (Å²) in [5.74, 6) is 0.447. The van der Waals surface area contributed by atoms with Crippen molar-refractivity contribution in [3.8, 4) is 11.3 Å². The van der Waals surface area contributed by atoms with E-state index in [-0.39, 0.29) is 17.7 Å². The number of nitrogens with one attached hydrogen (secondary N) is 1. The van der Waals surface area contributed by atoms with Crippen LogP contribution in [0.15, 0.2) is 59.0 Å². The SMILES string of the molecule is Cc1ccc(C(C)NC(=O)c2ccc(-c3cc(Cl)ccc3Cl)o2)cc1. The summed E-state index contributed by atoms with van der Waals surface area (Å²) < 4.78 is 5.67. The van der Waals surface area contributed by atoms with Crippen LogP contribution in [0.1, 0.15) is 34.6 Å². The van der Waals surface area contributed by atoms with Crippen molar-refractivity contribution in [2.24, 2.45) is 0 Å². The van der Waals surface area contributed by atoms with Gasteiger partial charge in [-0.1, -0.05) is 53.0 Å². The van der Waals surface area contributed by atoms with Gasteiger partial charge in [0.05, 0.1) is 11.1 Å². The second kappa shape index (κ2) is 7.34. The van der Waals surface area contributed by atoms with Crippen LogP contribution in [0.3, 0.4) is 0 Å². The third-order valence-corrected chi connectivity index (χ3v) is 4.51. The van der Waals surface area contributed by atoms with Gasteiger partial charge in [0.2, 0.25) is 0 Å². The first-order valence-electron chi connectivity index (χ1n) is 7.87. The number of carbonyl (C=O) groups is 1. The molecule has 0 aliphatic rings. The minimum Gasteiger partial charge on any atom is -0.451 e. The van der Waals surface area contributed by atoms with E-state index in [0.717, 1.165) is 5.56 Å². The molecule has 0 fully saturated rings. The molecule has 128 valence electrons. The largest absolute Gasteiger partial charge is 0.451 e. The quantitative estimate of drug-likeness (QED) is 0.604. The molecular formula is C20H17Cl2NO2. The normalized spacial score (nSPS) is 12.0. The molecule has 0 saturated carbocycles. The lowest BCUT2D eigenvalue weighted by Gasteiger charge is -2.13. The summed E-state index contributed by atoms with van der Waals surface area (Å²) in [6.07, 6.45) is 0. The summed E-state index contributed by atoms with van der Waals surface area (Å²) >= 11 is 12.2. The van der Waals surface area contributed by atoms with Gasteiger partial charge >= 0.3 is 0 Å². The third kappa shape index (κ3) is 4.06. The highest BCUT2D eigenvalue weighted by atomic mass is 35.5. The number of benzene rings is 2. The first-order chi connectivity index (χ1) is 11.9. The van der Waals surface area contributed by atoms with Gasteiger partial charge in [0.1, 0.15) is 5.76 Å². The number of hydrogen-bond acceptors (Lipinski definition) is 2. The summed E-state index contributed by atoms with van der Waals surface area (Å²) in [5, 5.41) is 3.99. The summed E-state index contributed by atoms with van der Waals surface area (Å²) in [6, 6.07) is 16.4. The van der Waals surface area contributed by atoms with Gasteiger partial charge in [0, 0.05) is 10.6 Å². The van der Waals surface area contributed by atoms with Gasteiger partial charge in [0.25, 0.3) is 5.91 Å². The molecule has 0 aliphatic heterocycles. The monoisotopic (exact) mass is 373 g/mol. The molecule has 3 rings (SSSR count). The maximum absolute atomic E-state index is 12.4. The van der Waals surface area contributed by atoms with Crippen LogP contribution in [0.2, 0.25) is 10.0 Å². The molecule has 1 unspecified atom stereocenters. The van der Waals surface area contributed by atoms with Crippen molar-refractivity contribution >= 4 is 29.1 Å². The zero-order valence-corrected chi connectivity index (χ0v) is 15.4. The van der Waals surface area contributed by atoms with Crippen LogP contribution in [-0.2, 0) is 0 Å². The Labute approximate surface area is 156 Å². The lowest BCUT2D eigenvalue weighted by Crippen LogP contribution is -2.26. The van der Waals surface area contributed by atoms with Crippen LogP contribution in [0, 0.1) is 6.92 Å². The van der Waals surface area contributed by atoms with E-state index in [1.165, 1.54) is 5.56 Å². The molecule has 0 saturated heterocycles. The zero-order chi connectivity index (χ0) is 18.0. The van der Waals surface area contributed by atoms with Gasteiger partial charge in [-0.2, -0.15) is 0 Å². The highest BCUT2D eigenvalue weighted by Gasteiger charge is 2.16. The summed E-state index contributed by atoms with van der Waals surface area (Å²) in [5.41, 5.74) is 2.86. The Morgan fingerprint density at radius 3 is 2.48 bits per heavy atom. The van der Waals surface area contributed by atoms with Crippen molar-refractivity contribution in [2.75, 3.05) is 0 Å². The predicted octanol–water partition coefficient (Wildman–Crippen LogP) is 6.05. The topological polar surface area (TPSA) is 42.2 Å². The van der Waals surface area contributed by atoms with Gasteiger partial charge in [-0.3, -0.25) is 4.79 Å². The molecule has 0 bridgehead atoms. The fraction of sp³-hybridized carbons (Fsp3) is 0.150. The number of furan rings is 1. The summed E-state index contributed by atoms with van der Waals surface area (Å²) in [7, 11) is 0. The highest BCUT2D eigenvalue weighted by molar-refractivity contribution is 6.35. The molecule has 1 atom stereocenters. The van der Waals surface area contributed by atoms with Gasteiger partial charge < -0.3 is 9.73 Å². The second-order valence-electron chi connectivity index (χ2n) is 5.89. The van der Waals surface area contributed by atoms with Crippen molar-refractivity contribution in [1.82, 2.24) is 5.32 Å². The molecule has 0 spiro atoms. The molecule has 1 heterocycles. The molecule has 0 aliphatic carbocycles. The molecule has 2 aromatic carbocycles. The molecular weight excluding hydrogens is 357 g/mol. The maximum Gasteiger partial charge on any atom is 0.287 e. The first-order valence-corrected chi connectivity index (χ1v) is 8.62. The van der Waals surface area contributed by atoms with Crippen molar-refractivity contribution in [2.45, 2.75) is 19.9 Å². The molecule has 0 radical (unpaired) electrons. The molecule has 1 N–H and O–H groups in total. The first kappa shape index (κ1) is 17.6. The number of rotatable bonds is 4. The fourth-order valence-electron chi connectivity index (χ4n) is 2.50. The van der Waals surface area contributed by atoms with E-state index < -0.39 is 0 Å². The van der Waals surface area contributed by atoms with Gasteiger partial charge in [-0.05, 0) is 49.7 Å². The zero-order valence-electron chi connectivity index (χ0n) is 13.8. The molecule has 1 amide bonds. The standard InChI is InChI=1S/C20H17Cl2NO2/c1-12-3-5-14(6-4-12)13(2)23-20(24)19-10-9-18(25-19)16-11-15(21)7-8-17(16)22/h3-11,13H,1-2H3,(H,23,24). The molecule has 3 nitrogen and oxygen atoms in total. The average Bonchev–Trinajstić information content (AvgIpc) is 3.07. The smallest absolute Gasteiger partial charge is 0.287 e. The summed E-state index contributed by atoms with van der Waals surface area (Å²) in [6.45, 7) is 3.96. The fourth-order valence-corrected chi connectivity index (χ4v) is 2.88. The van der Waals surface area contributed by atoms with E-state index in [0.29, 0.717) is 21.4 Å².